The second kappa shape index (κ2) is 9.20. The normalized spacial score (nSPS) is 8.76. The fraction of sp³-hybridized carbons (Fsp3) is 0.200. The molecule has 0 heterocycles. The van der Waals surface area contributed by atoms with Crippen LogP contribution in [0.25, 0.3) is 0 Å². The van der Waals surface area contributed by atoms with Crippen LogP contribution in [-0.4, -0.2) is 16.8 Å². The first-order chi connectivity index (χ1) is 7.58. The summed E-state index contributed by atoms with van der Waals surface area (Å²) in [5, 5.41) is 0. The van der Waals surface area contributed by atoms with Crippen LogP contribution in [0.15, 0.2) is 24.3 Å². The van der Waals surface area contributed by atoms with Crippen LogP contribution in [0.1, 0.15) is 5.56 Å². The Kier molecular flexibility index (Phi) is 9.33. The molecule has 0 bridgehead atoms. The minimum atomic E-state index is -0.340. The summed E-state index contributed by atoms with van der Waals surface area (Å²) in [6, 6.07) is 7.41. The van der Waals surface area contributed by atoms with E-state index in [0.29, 0.717) is 5.75 Å². The van der Waals surface area contributed by atoms with Crippen LogP contribution in [0.5, 0.6) is 5.75 Å². The molecule has 0 aliphatic heterocycles. The molecular weight excluding hydrogens is 283 g/mol. The van der Waals surface area contributed by atoms with E-state index in [4.69, 9.17) is 4.74 Å². The van der Waals surface area contributed by atoms with Crippen LogP contribution in [0.3, 0.4) is 0 Å². The molecule has 1 aromatic rings. The second-order valence-electron chi connectivity index (χ2n) is 3.06. The van der Waals surface area contributed by atoms with E-state index in [1.165, 1.54) is 0 Å². The molecule has 1 aromatic carbocycles. The van der Waals surface area contributed by atoms with Crippen molar-refractivity contribution in [3.8, 4) is 5.75 Å². The third-order valence-electron chi connectivity index (χ3n) is 1.69. The number of rotatable bonds is 3. The van der Waals surface area contributed by atoms with Gasteiger partial charge in [-0.15, -0.1) is 0 Å². The van der Waals surface area contributed by atoms with E-state index >= 15 is 0 Å². The predicted molar refractivity (Wildman–Crippen MR) is 67.9 cm³/mol. The van der Waals surface area contributed by atoms with E-state index in [0.717, 1.165) is 5.56 Å². The van der Waals surface area contributed by atoms with E-state index in [-0.39, 0.29) is 68.2 Å². The number of carbonyl (C=O) groups excluding carboxylic acids is 1. The standard InChI is InChI=1S/C10H12N2O2S2.K/c1-7-2-4-8(5-3-7)14-6-9(13)11-12-10(15)16;/h2-5H,6H2,1H3,(H,11,13)(H2,12,15,16);/q;+1/p-1. The van der Waals surface area contributed by atoms with Crippen molar-refractivity contribution >= 4 is 35.1 Å². The molecule has 1 rings (SSSR count). The van der Waals surface area contributed by atoms with Gasteiger partial charge in [-0.1, -0.05) is 17.7 Å². The molecule has 17 heavy (non-hydrogen) atoms. The number of nitrogens with one attached hydrogen (secondary N) is 2. The monoisotopic (exact) mass is 294 g/mol. The summed E-state index contributed by atoms with van der Waals surface area (Å²) < 4.78 is 5.31. The molecule has 2 N–H and O–H groups in total. The van der Waals surface area contributed by atoms with E-state index < -0.39 is 0 Å². The Morgan fingerprint density at radius 3 is 2.47 bits per heavy atom. The summed E-state index contributed by atoms with van der Waals surface area (Å²) in [7, 11) is 0. The SMILES string of the molecule is Cc1ccc(OCC(=O)NNC(=S)[S-])cc1.[K+]. The van der Waals surface area contributed by atoms with Crippen LogP contribution in [0.4, 0.5) is 0 Å². The zero-order valence-corrected chi connectivity index (χ0v) is 14.4. The summed E-state index contributed by atoms with van der Waals surface area (Å²) in [4.78, 5) is 11.2. The third-order valence-corrected chi connectivity index (χ3v) is 1.90. The zero-order chi connectivity index (χ0) is 12.0. The zero-order valence-electron chi connectivity index (χ0n) is 9.65. The van der Waals surface area contributed by atoms with Gasteiger partial charge in [0.05, 0.1) is 0 Å². The number of amides is 1. The first kappa shape index (κ1) is 17.2. The van der Waals surface area contributed by atoms with E-state index in [2.05, 4.69) is 35.7 Å². The molecule has 0 radical (unpaired) electrons. The van der Waals surface area contributed by atoms with Crippen molar-refractivity contribution in [2.75, 3.05) is 6.61 Å². The van der Waals surface area contributed by atoms with Crippen molar-refractivity contribution in [2.24, 2.45) is 0 Å². The summed E-state index contributed by atoms with van der Waals surface area (Å²) in [5.41, 5.74) is 5.80. The van der Waals surface area contributed by atoms with Gasteiger partial charge in [-0.2, -0.15) is 0 Å². The van der Waals surface area contributed by atoms with Gasteiger partial charge >= 0.3 is 51.4 Å². The molecule has 4 nitrogen and oxygen atoms in total. The van der Waals surface area contributed by atoms with Gasteiger partial charge in [0.2, 0.25) is 0 Å². The summed E-state index contributed by atoms with van der Waals surface area (Å²) in [5.74, 6) is 0.300. The van der Waals surface area contributed by atoms with Crippen molar-refractivity contribution < 1.29 is 60.9 Å². The van der Waals surface area contributed by atoms with Gasteiger partial charge in [-0.3, -0.25) is 10.2 Å². The molecule has 0 atom stereocenters. The van der Waals surface area contributed by atoms with Crippen LogP contribution in [0, 0.1) is 6.92 Å². The molecule has 0 unspecified atom stereocenters. The number of thiocarbonyl (C=S) groups is 1. The number of benzene rings is 1. The first-order valence-electron chi connectivity index (χ1n) is 4.53. The largest absolute Gasteiger partial charge is 1.00 e. The van der Waals surface area contributed by atoms with Gasteiger partial charge < -0.3 is 35.0 Å². The molecule has 0 aromatic heterocycles. The second-order valence-corrected chi connectivity index (χ2v) is 4.14. The van der Waals surface area contributed by atoms with Gasteiger partial charge in [-0.05, 0) is 23.4 Å². The first-order valence-corrected chi connectivity index (χ1v) is 5.35. The summed E-state index contributed by atoms with van der Waals surface area (Å²) in [6.45, 7) is 1.89. The molecular formula is C10H11KN2O2S2. The summed E-state index contributed by atoms with van der Waals surface area (Å²) in [6.07, 6.45) is 0. The maximum atomic E-state index is 11.2. The number of carbonyl (C=O) groups is 1. The average Bonchev–Trinajstić information content (AvgIpc) is 2.25. The number of hydrazine groups is 1. The number of ether oxygens (including phenoxy) is 1. The van der Waals surface area contributed by atoms with Crippen molar-refractivity contribution in [2.45, 2.75) is 6.92 Å². The summed E-state index contributed by atoms with van der Waals surface area (Å²) >= 11 is 9.11. The molecule has 0 saturated heterocycles. The van der Waals surface area contributed by atoms with Gasteiger partial charge in [0.25, 0.3) is 5.91 Å². The van der Waals surface area contributed by atoms with Crippen LogP contribution in [-0.2, 0) is 17.4 Å². The topological polar surface area (TPSA) is 50.4 Å². The molecule has 0 saturated carbocycles. The van der Waals surface area contributed by atoms with Gasteiger partial charge in [0.1, 0.15) is 5.75 Å². The Bertz CT molecular complexity index is 384. The van der Waals surface area contributed by atoms with Crippen LogP contribution < -0.4 is 67.0 Å². The molecule has 86 valence electrons. The average molecular weight is 294 g/mol. The van der Waals surface area contributed by atoms with Crippen LogP contribution >= 0.6 is 12.2 Å². The van der Waals surface area contributed by atoms with E-state index in [9.17, 15) is 4.79 Å². The Balaban J connectivity index is 0.00000256. The Morgan fingerprint density at radius 1 is 1.35 bits per heavy atom. The fourth-order valence-corrected chi connectivity index (χ4v) is 1.04. The maximum absolute atomic E-state index is 11.2. The van der Waals surface area contributed by atoms with E-state index in [1.54, 1.807) is 12.1 Å². The third kappa shape index (κ3) is 8.04. The molecule has 0 spiro atoms. The van der Waals surface area contributed by atoms with Crippen molar-refractivity contribution in [1.29, 1.82) is 0 Å². The Hall–Kier alpha value is 0.236. The Morgan fingerprint density at radius 2 is 1.94 bits per heavy atom. The molecule has 0 aliphatic rings. The van der Waals surface area contributed by atoms with Crippen molar-refractivity contribution in [3.63, 3.8) is 0 Å². The molecule has 0 fully saturated rings. The number of aryl methyl sites for hydroxylation is 1. The number of hydrogen-bond donors (Lipinski definition) is 2. The van der Waals surface area contributed by atoms with Crippen LogP contribution in [0.2, 0.25) is 0 Å². The van der Waals surface area contributed by atoms with Gasteiger partial charge in [0, 0.05) is 0 Å². The molecule has 1 amide bonds. The van der Waals surface area contributed by atoms with Gasteiger partial charge in [-0.25, -0.2) is 0 Å². The number of hydrogen-bond acceptors (Lipinski definition) is 4. The van der Waals surface area contributed by atoms with Gasteiger partial charge in [0.15, 0.2) is 6.61 Å². The van der Waals surface area contributed by atoms with E-state index in [1.807, 2.05) is 19.1 Å². The van der Waals surface area contributed by atoms with Crippen molar-refractivity contribution in [3.05, 3.63) is 29.8 Å². The quantitative estimate of drug-likeness (QED) is 0.288. The Labute approximate surface area is 154 Å². The minimum Gasteiger partial charge on any atom is -0.484 e. The molecule has 7 heteroatoms. The smallest absolute Gasteiger partial charge is 0.484 e. The maximum Gasteiger partial charge on any atom is 1.00 e. The van der Waals surface area contributed by atoms with Crippen molar-refractivity contribution in [1.82, 2.24) is 10.9 Å². The predicted octanol–water partition coefficient (Wildman–Crippen LogP) is -2.17. The minimum absolute atomic E-state index is 0. The molecule has 0 aliphatic carbocycles. The fourth-order valence-electron chi connectivity index (χ4n) is 0.940.